The van der Waals surface area contributed by atoms with Gasteiger partial charge < -0.3 is 38.6 Å². The number of nitrogen functional groups attached to an aromatic ring is 1. The number of hydrogen-bond donors (Lipinski definition) is 1. The molecular formula is C59H94N4O12P-. The van der Waals surface area contributed by atoms with Gasteiger partial charge in [-0.15, -0.1) is 0 Å². The predicted molar refractivity (Wildman–Crippen MR) is 298 cm³/mol. The number of Topliss-reactive ketones (excluding diaryl/α,β-unsaturated/α-hetero) is 1. The van der Waals surface area contributed by atoms with Gasteiger partial charge in [-0.2, -0.15) is 9.97 Å². The van der Waals surface area contributed by atoms with Crippen molar-refractivity contribution >= 4 is 43.1 Å². The van der Waals surface area contributed by atoms with E-state index in [0.717, 1.165) is 82.6 Å². The number of aromatic nitrogens is 2. The van der Waals surface area contributed by atoms with Gasteiger partial charge in [-0.3, -0.25) is 28.6 Å². The van der Waals surface area contributed by atoms with E-state index in [2.05, 4.69) is 48.1 Å². The first-order chi connectivity index (χ1) is 37.0. The number of methoxy groups -OCH3 is 1. The number of nitrogens with zero attached hydrogens (tertiary/aromatic N) is 3. The minimum atomic E-state index is -4.90. The molecule has 2 aromatic rings. The molecule has 1 aromatic carbocycles. The highest BCUT2D eigenvalue weighted by Gasteiger charge is 2.32. The number of phosphoric ester groups is 1. The summed E-state index contributed by atoms with van der Waals surface area (Å²) in [6.07, 6.45) is 38.0. The zero-order valence-electron chi connectivity index (χ0n) is 46.6. The van der Waals surface area contributed by atoms with E-state index in [1.807, 2.05) is 0 Å². The quantitative estimate of drug-likeness (QED) is 0.0214. The number of ether oxygens (including phenoxy) is 4. The van der Waals surface area contributed by atoms with Crippen molar-refractivity contribution in [2.24, 2.45) is 0 Å². The van der Waals surface area contributed by atoms with E-state index in [-0.39, 0.29) is 82.0 Å². The molecule has 0 radical (unpaired) electrons. The van der Waals surface area contributed by atoms with Gasteiger partial charge in [-0.05, 0) is 76.2 Å². The predicted octanol–water partition coefficient (Wildman–Crippen LogP) is 13.2. The van der Waals surface area contributed by atoms with Crippen LogP contribution in [0.3, 0.4) is 0 Å². The Kier molecular flexibility index (Phi) is 36.0. The number of unbranched alkanes of at least 4 members (excludes halogenated alkanes) is 22. The average Bonchev–Trinajstić information content (AvgIpc) is 3.74. The summed E-state index contributed by atoms with van der Waals surface area (Å²) in [6, 6.07) is 6.78. The third-order valence-corrected chi connectivity index (χ3v) is 14.2. The van der Waals surface area contributed by atoms with Crippen LogP contribution in [0.4, 0.5) is 11.6 Å². The second kappa shape index (κ2) is 41.6. The molecule has 1 amide bonds. The molecule has 3 rings (SSSR count). The summed E-state index contributed by atoms with van der Waals surface area (Å²) in [4.78, 5) is 74.5. The molecule has 0 spiro atoms. The first kappa shape index (κ1) is 65.8. The van der Waals surface area contributed by atoms with Crippen LogP contribution in [0.1, 0.15) is 228 Å². The van der Waals surface area contributed by atoms with Crippen LogP contribution < -0.4 is 20.3 Å². The van der Waals surface area contributed by atoms with Crippen LogP contribution in [0.5, 0.6) is 6.01 Å². The fourth-order valence-corrected chi connectivity index (χ4v) is 9.49. The molecule has 0 bridgehead atoms. The fourth-order valence-electron chi connectivity index (χ4n) is 8.71. The summed E-state index contributed by atoms with van der Waals surface area (Å²) in [5, 5.41) is 0. The SMILES string of the molecule is CCCCCCCC/C=C\CCCCCCCC(=O)OC[C@H](COP(=O)([O-])OCCCC(=O)c1ccc(CN2C(=O)Cc3c(N)nc(OCCOC)nc32)cc1)OC(=O)CCCCCCC/C=C/CCCCCCCC. The smallest absolute Gasteiger partial charge is 0.320 e. The lowest BCUT2D eigenvalue weighted by Gasteiger charge is -2.25. The molecule has 76 heavy (non-hydrogen) atoms. The maximum atomic E-state index is 13.0. The molecule has 1 aromatic heterocycles. The van der Waals surface area contributed by atoms with Gasteiger partial charge in [0.25, 0.3) is 7.82 Å². The van der Waals surface area contributed by atoms with Crippen LogP contribution >= 0.6 is 7.82 Å². The Morgan fingerprint density at radius 3 is 1.74 bits per heavy atom. The third-order valence-electron chi connectivity index (χ3n) is 13.2. The van der Waals surface area contributed by atoms with Gasteiger partial charge >= 0.3 is 17.9 Å². The standard InChI is InChI=1S/C59H95N4O12P/c1-4-6-8-10-12-14-16-18-20-22-24-26-28-30-32-36-55(66)72-47-51(75-56(67)37-33-31-29-27-25-23-21-19-17-15-13-11-9-7-5-2)48-74-76(68,69)73-42-34-35-53(64)50-40-38-49(39-41-50)46-63-54(65)45-52-57(60)61-59(62-58(52)63)71-44-43-70-3/h18-21,38-41,51H,4-17,22-37,42-48H2,1-3H3,(H,68,69)(H2,60,61,62)/p-1/b20-18-,21-19+/t51-/m1/s1. The molecule has 0 fully saturated rings. The number of carbonyl (C=O) groups excluding carboxylic acids is 4. The lowest BCUT2D eigenvalue weighted by atomic mass is 10.0. The van der Waals surface area contributed by atoms with Crippen LogP contribution in [0, 0.1) is 0 Å². The van der Waals surface area contributed by atoms with Crippen molar-refractivity contribution in [1.82, 2.24) is 9.97 Å². The third kappa shape index (κ3) is 30.5. The normalized spacial score (nSPS) is 13.6. The topological polar surface area (TPSA) is 219 Å². The number of carbonyl (C=O) groups is 4. The van der Waals surface area contributed by atoms with E-state index >= 15 is 0 Å². The first-order valence-corrected chi connectivity index (χ1v) is 30.4. The van der Waals surface area contributed by atoms with E-state index in [1.54, 1.807) is 31.4 Å². The first-order valence-electron chi connectivity index (χ1n) is 28.9. The van der Waals surface area contributed by atoms with Crippen molar-refractivity contribution in [3.63, 3.8) is 0 Å². The maximum absolute atomic E-state index is 13.0. The van der Waals surface area contributed by atoms with Crippen LogP contribution in [0.2, 0.25) is 0 Å². The second-order valence-electron chi connectivity index (χ2n) is 20.0. The molecule has 1 aliphatic rings. The number of hydrogen-bond acceptors (Lipinski definition) is 15. The highest BCUT2D eigenvalue weighted by atomic mass is 31.2. The summed E-state index contributed by atoms with van der Waals surface area (Å²) in [6.45, 7) is 3.92. The highest BCUT2D eigenvalue weighted by Crippen LogP contribution is 2.39. The van der Waals surface area contributed by atoms with Gasteiger partial charge in [0.1, 0.15) is 24.8 Å². The number of fused-ring (bicyclic) bond motifs is 1. The zero-order valence-corrected chi connectivity index (χ0v) is 47.5. The zero-order chi connectivity index (χ0) is 54.9. The van der Waals surface area contributed by atoms with E-state index in [9.17, 15) is 28.6 Å². The number of esters is 2. The minimum Gasteiger partial charge on any atom is -0.756 e. The van der Waals surface area contributed by atoms with Gasteiger partial charge in [0.05, 0.1) is 32.8 Å². The largest absolute Gasteiger partial charge is 0.756 e. The van der Waals surface area contributed by atoms with Crippen molar-refractivity contribution in [3.8, 4) is 6.01 Å². The maximum Gasteiger partial charge on any atom is 0.320 e. The van der Waals surface area contributed by atoms with E-state index in [0.29, 0.717) is 36.4 Å². The Hall–Kier alpha value is -4.47. The summed E-state index contributed by atoms with van der Waals surface area (Å²) in [5.74, 6) is -0.885. The number of amides is 1. The Bertz CT molecular complexity index is 2030. The minimum absolute atomic E-state index is 0.0113. The van der Waals surface area contributed by atoms with Gasteiger partial charge in [0.15, 0.2) is 11.9 Å². The molecule has 1 aliphatic heterocycles. The van der Waals surface area contributed by atoms with Crippen molar-refractivity contribution in [2.75, 3.05) is 50.8 Å². The Morgan fingerprint density at radius 2 is 1.18 bits per heavy atom. The molecule has 428 valence electrons. The van der Waals surface area contributed by atoms with Gasteiger partial charge in [-0.1, -0.05) is 165 Å². The Morgan fingerprint density at radius 1 is 0.658 bits per heavy atom. The van der Waals surface area contributed by atoms with Gasteiger partial charge in [-0.25, -0.2) is 0 Å². The number of nitrogens with two attached hydrogens (primary N) is 1. The summed E-state index contributed by atoms with van der Waals surface area (Å²) in [7, 11) is -3.35. The van der Waals surface area contributed by atoms with Crippen LogP contribution in [-0.2, 0) is 55.2 Å². The van der Waals surface area contributed by atoms with Crippen molar-refractivity contribution in [3.05, 3.63) is 65.3 Å². The molecule has 16 nitrogen and oxygen atoms in total. The van der Waals surface area contributed by atoms with Crippen molar-refractivity contribution in [2.45, 2.75) is 226 Å². The fraction of sp³-hybridized carbons (Fsp3) is 0.695. The molecule has 1 unspecified atom stereocenters. The number of benzene rings is 1. The number of anilines is 2. The van der Waals surface area contributed by atoms with Crippen LogP contribution in [0.25, 0.3) is 0 Å². The molecule has 0 saturated carbocycles. The number of rotatable bonds is 48. The molecule has 0 saturated heterocycles. The average molecular weight is 1080 g/mol. The summed E-state index contributed by atoms with van der Waals surface area (Å²) < 4.78 is 44.6. The number of allylic oxidation sites excluding steroid dienone is 4. The molecular weight excluding hydrogens is 988 g/mol. The second-order valence-corrected chi connectivity index (χ2v) is 21.4. The summed E-state index contributed by atoms with van der Waals surface area (Å²) in [5.41, 5.74) is 7.78. The van der Waals surface area contributed by atoms with E-state index in [1.165, 1.54) is 81.9 Å². The monoisotopic (exact) mass is 1080 g/mol. The van der Waals surface area contributed by atoms with Gasteiger partial charge in [0, 0.05) is 37.5 Å². The highest BCUT2D eigenvalue weighted by molar-refractivity contribution is 7.45. The molecule has 0 aliphatic carbocycles. The molecule has 2 atom stereocenters. The lowest BCUT2D eigenvalue weighted by Crippen LogP contribution is -2.30. The van der Waals surface area contributed by atoms with Gasteiger partial charge in [0.2, 0.25) is 5.91 Å². The lowest BCUT2D eigenvalue weighted by molar-refractivity contribution is -0.228. The number of ketones is 1. The molecule has 2 N–H and O–H groups in total. The Labute approximate surface area is 455 Å². The van der Waals surface area contributed by atoms with Crippen molar-refractivity contribution in [1.29, 1.82) is 0 Å². The van der Waals surface area contributed by atoms with E-state index < -0.39 is 32.5 Å². The molecule has 2 heterocycles. The summed E-state index contributed by atoms with van der Waals surface area (Å²) >= 11 is 0. The van der Waals surface area contributed by atoms with Crippen molar-refractivity contribution < 1.29 is 56.6 Å². The van der Waals surface area contributed by atoms with Crippen LogP contribution in [0.15, 0.2) is 48.6 Å². The van der Waals surface area contributed by atoms with Crippen LogP contribution in [-0.4, -0.2) is 79.8 Å². The molecule has 17 heteroatoms. The number of phosphoric acid groups is 1. The Balaban J connectivity index is 1.40. The van der Waals surface area contributed by atoms with E-state index in [4.69, 9.17) is 33.7 Å².